The number of aliphatic hydroxyl groups excluding tert-OH is 1. The van der Waals surface area contributed by atoms with Crippen LogP contribution in [-0.4, -0.2) is 43.0 Å². The van der Waals surface area contributed by atoms with Crippen LogP contribution in [0.15, 0.2) is 24.3 Å². The van der Waals surface area contributed by atoms with Crippen molar-refractivity contribution in [3.63, 3.8) is 0 Å². The van der Waals surface area contributed by atoms with Crippen molar-refractivity contribution < 1.29 is 19.4 Å². The third-order valence-electron chi connectivity index (χ3n) is 2.66. The number of carbonyl (C=O) groups is 1. The number of benzene rings is 1. The standard InChI is InChI=1S/C14H20ClNO4/c1-14(2,13(18)16-11(8-17)9-19-3)20-12-6-4-10(15)5-7-12/h4-7,11,17H,8-9H2,1-3H3,(H,16,18). The van der Waals surface area contributed by atoms with Gasteiger partial charge in [-0.1, -0.05) is 11.6 Å². The summed E-state index contributed by atoms with van der Waals surface area (Å²) < 4.78 is 10.6. The van der Waals surface area contributed by atoms with Gasteiger partial charge in [-0.2, -0.15) is 0 Å². The predicted octanol–water partition coefficient (Wildman–Crippen LogP) is 1.62. The van der Waals surface area contributed by atoms with Crippen LogP contribution in [0.4, 0.5) is 0 Å². The van der Waals surface area contributed by atoms with Gasteiger partial charge in [0.05, 0.1) is 19.3 Å². The lowest BCUT2D eigenvalue weighted by Gasteiger charge is -2.27. The number of hydrogen-bond donors (Lipinski definition) is 2. The van der Waals surface area contributed by atoms with Gasteiger partial charge >= 0.3 is 0 Å². The summed E-state index contributed by atoms with van der Waals surface area (Å²) in [4.78, 5) is 12.2. The molecule has 0 fully saturated rings. The van der Waals surface area contributed by atoms with E-state index in [2.05, 4.69) is 5.32 Å². The van der Waals surface area contributed by atoms with Crippen molar-refractivity contribution >= 4 is 17.5 Å². The molecule has 0 aliphatic carbocycles. The van der Waals surface area contributed by atoms with Gasteiger partial charge in [0.15, 0.2) is 5.60 Å². The number of rotatable bonds is 7. The smallest absolute Gasteiger partial charge is 0.263 e. The van der Waals surface area contributed by atoms with E-state index in [1.807, 2.05) is 0 Å². The lowest BCUT2D eigenvalue weighted by molar-refractivity contribution is -0.135. The quantitative estimate of drug-likeness (QED) is 0.803. The fourth-order valence-corrected chi connectivity index (χ4v) is 1.67. The van der Waals surface area contributed by atoms with Gasteiger partial charge in [-0.3, -0.25) is 4.79 Å². The van der Waals surface area contributed by atoms with Crippen LogP contribution >= 0.6 is 11.6 Å². The second kappa shape index (κ2) is 7.47. The Morgan fingerprint density at radius 3 is 2.50 bits per heavy atom. The average Bonchev–Trinajstić information content (AvgIpc) is 2.40. The van der Waals surface area contributed by atoms with Crippen molar-refractivity contribution in [1.29, 1.82) is 0 Å². The number of halogens is 1. The van der Waals surface area contributed by atoms with Gasteiger partial charge in [-0.05, 0) is 38.1 Å². The molecule has 1 unspecified atom stereocenters. The van der Waals surface area contributed by atoms with Gasteiger partial charge < -0.3 is 19.9 Å². The normalized spacial score (nSPS) is 12.8. The van der Waals surface area contributed by atoms with Crippen LogP contribution in [0.5, 0.6) is 5.75 Å². The number of nitrogens with one attached hydrogen (secondary N) is 1. The first-order chi connectivity index (χ1) is 9.39. The highest BCUT2D eigenvalue weighted by Crippen LogP contribution is 2.21. The largest absolute Gasteiger partial charge is 0.478 e. The highest BCUT2D eigenvalue weighted by atomic mass is 35.5. The molecule has 1 aromatic rings. The number of aliphatic hydroxyl groups is 1. The molecule has 0 radical (unpaired) electrons. The summed E-state index contributed by atoms with van der Waals surface area (Å²) in [6, 6.07) is 6.30. The Kier molecular flexibility index (Phi) is 6.26. The minimum Gasteiger partial charge on any atom is -0.478 e. The molecule has 1 rings (SSSR count). The molecule has 0 aliphatic heterocycles. The first-order valence-corrected chi connectivity index (χ1v) is 6.62. The van der Waals surface area contributed by atoms with Crippen LogP contribution in [0.25, 0.3) is 0 Å². The van der Waals surface area contributed by atoms with Gasteiger partial charge in [0.1, 0.15) is 5.75 Å². The highest BCUT2D eigenvalue weighted by molar-refractivity contribution is 6.30. The summed E-state index contributed by atoms with van der Waals surface area (Å²) in [5.74, 6) is 0.213. The first kappa shape index (κ1) is 16.8. The van der Waals surface area contributed by atoms with Gasteiger partial charge in [-0.25, -0.2) is 0 Å². The Hall–Kier alpha value is -1.30. The van der Waals surface area contributed by atoms with E-state index in [1.54, 1.807) is 38.1 Å². The molecule has 0 saturated heterocycles. The number of carbonyl (C=O) groups excluding carboxylic acids is 1. The van der Waals surface area contributed by atoms with Gasteiger partial charge in [0, 0.05) is 12.1 Å². The molecule has 1 amide bonds. The second-order valence-corrected chi connectivity index (χ2v) is 5.31. The van der Waals surface area contributed by atoms with Gasteiger partial charge in [0.2, 0.25) is 0 Å². The Morgan fingerprint density at radius 1 is 1.40 bits per heavy atom. The SMILES string of the molecule is COCC(CO)NC(=O)C(C)(C)Oc1ccc(Cl)cc1. The summed E-state index contributed by atoms with van der Waals surface area (Å²) in [6.07, 6.45) is 0. The van der Waals surface area contributed by atoms with E-state index in [4.69, 9.17) is 26.2 Å². The Labute approximate surface area is 123 Å². The van der Waals surface area contributed by atoms with Crippen molar-refractivity contribution in [1.82, 2.24) is 5.32 Å². The first-order valence-electron chi connectivity index (χ1n) is 6.24. The molecule has 0 aliphatic rings. The molecule has 0 spiro atoms. The minimum absolute atomic E-state index is 0.198. The van der Waals surface area contributed by atoms with E-state index in [1.165, 1.54) is 7.11 Å². The average molecular weight is 302 g/mol. The Bertz CT molecular complexity index is 433. The maximum atomic E-state index is 12.2. The van der Waals surface area contributed by atoms with Crippen LogP contribution in [-0.2, 0) is 9.53 Å². The lowest BCUT2D eigenvalue weighted by Crippen LogP contribution is -2.52. The van der Waals surface area contributed by atoms with E-state index < -0.39 is 11.6 Å². The summed E-state index contributed by atoms with van der Waals surface area (Å²) >= 11 is 5.79. The Morgan fingerprint density at radius 2 is 2.00 bits per heavy atom. The van der Waals surface area contributed by atoms with E-state index in [0.29, 0.717) is 10.8 Å². The molecule has 1 atom stereocenters. The Balaban J connectivity index is 2.66. The molecule has 6 heteroatoms. The van der Waals surface area contributed by atoms with E-state index in [9.17, 15) is 4.79 Å². The molecular weight excluding hydrogens is 282 g/mol. The van der Waals surface area contributed by atoms with Crippen molar-refractivity contribution in [2.45, 2.75) is 25.5 Å². The fraction of sp³-hybridized carbons (Fsp3) is 0.500. The van der Waals surface area contributed by atoms with E-state index in [-0.39, 0.29) is 19.1 Å². The molecule has 20 heavy (non-hydrogen) atoms. The molecule has 0 aromatic heterocycles. The summed E-state index contributed by atoms with van der Waals surface area (Å²) in [5, 5.41) is 12.4. The maximum absolute atomic E-state index is 12.2. The van der Waals surface area contributed by atoms with Crippen molar-refractivity contribution in [3.05, 3.63) is 29.3 Å². The summed E-state index contributed by atoms with van der Waals surface area (Å²) in [5.41, 5.74) is -1.07. The number of amides is 1. The predicted molar refractivity (Wildman–Crippen MR) is 77.1 cm³/mol. The van der Waals surface area contributed by atoms with Crippen LogP contribution < -0.4 is 10.1 Å². The van der Waals surface area contributed by atoms with Crippen molar-refractivity contribution in [3.8, 4) is 5.75 Å². The van der Waals surface area contributed by atoms with Crippen LogP contribution in [0.3, 0.4) is 0 Å². The van der Waals surface area contributed by atoms with E-state index >= 15 is 0 Å². The topological polar surface area (TPSA) is 67.8 Å². The molecule has 5 nitrogen and oxygen atoms in total. The fourth-order valence-electron chi connectivity index (χ4n) is 1.54. The van der Waals surface area contributed by atoms with Crippen LogP contribution in [0.1, 0.15) is 13.8 Å². The molecule has 0 saturated carbocycles. The van der Waals surface area contributed by atoms with E-state index in [0.717, 1.165) is 0 Å². The third-order valence-corrected chi connectivity index (χ3v) is 2.91. The zero-order valence-corrected chi connectivity index (χ0v) is 12.6. The van der Waals surface area contributed by atoms with Gasteiger partial charge in [0.25, 0.3) is 5.91 Å². The molecule has 0 bridgehead atoms. The van der Waals surface area contributed by atoms with Crippen LogP contribution in [0, 0.1) is 0 Å². The monoisotopic (exact) mass is 301 g/mol. The summed E-state index contributed by atoms with van der Waals surface area (Å²) in [7, 11) is 1.50. The minimum atomic E-state index is -1.07. The van der Waals surface area contributed by atoms with Gasteiger partial charge in [-0.15, -0.1) is 0 Å². The van der Waals surface area contributed by atoms with Crippen molar-refractivity contribution in [2.75, 3.05) is 20.3 Å². The highest BCUT2D eigenvalue weighted by Gasteiger charge is 2.31. The third kappa shape index (κ3) is 5.00. The molecular formula is C14H20ClNO4. The molecule has 2 N–H and O–H groups in total. The number of ether oxygens (including phenoxy) is 2. The maximum Gasteiger partial charge on any atom is 0.263 e. The second-order valence-electron chi connectivity index (χ2n) is 4.87. The molecule has 1 aromatic carbocycles. The zero-order valence-electron chi connectivity index (χ0n) is 11.9. The van der Waals surface area contributed by atoms with Crippen LogP contribution in [0.2, 0.25) is 5.02 Å². The number of hydrogen-bond acceptors (Lipinski definition) is 4. The molecule has 112 valence electrons. The number of methoxy groups -OCH3 is 1. The molecule has 0 heterocycles. The zero-order chi connectivity index (χ0) is 15.2. The van der Waals surface area contributed by atoms with Crippen molar-refractivity contribution in [2.24, 2.45) is 0 Å². The lowest BCUT2D eigenvalue weighted by atomic mass is 10.1. The summed E-state index contributed by atoms with van der Waals surface area (Å²) in [6.45, 7) is 3.34.